The third-order valence-corrected chi connectivity index (χ3v) is 4.26. The highest BCUT2D eigenvalue weighted by Crippen LogP contribution is 2.17. The van der Waals surface area contributed by atoms with E-state index in [0.29, 0.717) is 5.69 Å². The van der Waals surface area contributed by atoms with E-state index in [-0.39, 0.29) is 12.6 Å². The molecule has 0 bridgehead atoms. The van der Waals surface area contributed by atoms with E-state index >= 15 is 0 Å². The van der Waals surface area contributed by atoms with Gasteiger partial charge in [0.05, 0.1) is 17.9 Å². The Morgan fingerprint density at radius 1 is 1.48 bits per heavy atom. The van der Waals surface area contributed by atoms with Crippen LogP contribution in [0.4, 0.5) is 4.79 Å². The molecule has 1 aliphatic heterocycles. The first-order chi connectivity index (χ1) is 10.8. The number of carbonyl (C=O) groups is 3. The lowest BCUT2D eigenvalue weighted by Gasteiger charge is -2.17. The van der Waals surface area contributed by atoms with Gasteiger partial charge < -0.3 is 10.6 Å². The van der Waals surface area contributed by atoms with Gasteiger partial charge in [-0.1, -0.05) is 11.3 Å². The van der Waals surface area contributed by atoms with Gasteiger partial charge in [-0.25, -0.2) is 14.3 Å². The van der Waals surface area contributed by atoms with Crippen LogP contribution in [0.25, 0.3) is 4.96 Å². The Kier molecular flexibility index (Phi) is 3.55. The SMILES string of the molecule is CC(NC(=O)CN1C(=O)NC(C)(C)C1=O)c1cn2ncsc2n1. The zero-order chi connectivity index (χ0) is 16.8. The highest BCUT2D eigenvalue weighted by Gasteiger charge is 2.44. The molecule has 0 spiro atoms. The fraction of sp³-hybridized carbons (Fsp3) is 0.462. The first-order valence-electron chi connectivity index (χ1n) is 7.00. The van der Waals surface area contributed by atoms with Crippen molar-refractivity contribution in [3.8, 4) is 0 Å². The van der Waals surface area contributed by atoms with E-state index < -0.39 is 23.4 Å². The van der Waals surface area contributed by atoms with Crippen LogP contribution in [0.2, 0.25) is 0 Å². The lowest BCUT2D eigenvalue weighted by atomic mass is 10.1. The third-order valence-electron chi connectivity index (χ3n) is 3.57. The van der Waals surface area contributed by atoms with Crippen LogP contribution < -0.4 is 10.6 Å². The number of hydrogen-bond acceptors (Lipinski definition) is 6. The molecule has 0 saturated carbocycles. The van der Waals surface area contributed by atoms with Crippen LogP contribution >= 0.6 is 11.3 Å². The van der Waals surface area contributed by atoms with Gasteiger partial charge in [0.1, 0.15) is 17.6 Å². The predicted octanol–water partition coefficient (Wildman–Crippen LogP) is 0.298. The van der Waals surface area contributed by atoms with Gasteiger partial charge >= 0.3 is 6.03 Å². The number of hydrogen-bond donors (Lipinski definition) is 2. The summed E-state index contributed by atoms with van der Waals surface area (Å²) in [5.74, 6) is -0.847. The minimum absolute atomic E-state index is 0.321. The molecule has 3 rings (SSSR count). The van der Waals surface area contributed by atoms with E-state index in [2.05, 4.69) is 20.7 Å². The summed E-state index contributed by atoms with van der Waals surface area (Å²) in [6, 6.07) is -0.917. The number of fused-ring (bicyclic) bond motifs is 1. The fourth-order valence-electron chi connectivity index (χ4n) is 2.33. The van der Waals surface area contributed by atoms with Crippen LogP contribution in [0, 0.1) is 0 Å². The van der Waals surface area contributed by atoms with E-state index in [1.165, 1.54) is 11.3 Å². The number of urea groups is 1. The lowest BCUT2D eigenvalue weighted by Crippen LogP contribution is -2.43. The van der Waals surface area contributed by atoms with Crippen LogP contribution in [0.3, 0.4) is 0 Å². The summed E-state index contributed by atoms with van der Waals surface area (Å²) in [5.41, 5.74) is 1.35. The van der Waals surface area contributed by atoms with Crippen molar-refractivity contribution in [1.82, 2.24) is 30.1 Å². The fourth-order valence-corrected chi connectivity index (χ4v) is 2.94. The average Bonchev–Trinajstić information content (AvgIpc) is 3.08. The minimum Gasteiger partial charge on any atom is -0.346 e. The zero-order valence-corrected chi connectivity index (χ0v) is 13.7. The van der Waals surface area contributed by atoms with Crippen molar-refractivity contribution < 1.29 is 14.4 Å². The number of aromatic nitrogens is 3. The van der Waals surface area contributed by atoms with Gasteiger partial charge in [-0.05, 0) is 20.8 Å². The number of amides is 4. The molecule has 1 saturated heterocycles. The summed E-state index contributed by atoms with van der Waals surface area (Å²) in [4.78, 5) is 41.9. The number of rotatable bonds is 4. The van der Waals surface area contributed by atoms with Crippen molar-refractivity contribution in [2.24, 2.45) is 0 Å². The summed E-state index contributed by atoms with van der Waals surface area (Å²) in [6.45, 7) is 4.65. The van der Waals surface area contributed by atoms with Crippen molar-refractivity contribution in [3.05, 3.63) is 17.4 Å². The quantitative estimate of drug-likeness (QED) is 0.781. The summed E-state index contributed by atoms with van der Waals surface area (Å²) < 4.78 is 1.63. The maximum Gasteiger partial charge on any atom is 0.325 e. The second-order valence-corrected chi connectivity index (χ2v) is 6.68. The van der Waals surface area contributed by atoms with Gasteiger partial charge in [0, 0.05) is 0 Å². The maximum absolute atomic E-state index is 12.1. The maximum atomic E-state index is 12.1. The van der Waals surface area contributed by atoms with E-state index in [1.807, 2.05) is 0 Å². The molecule has 1 unspecified atom stereocenters. The van der Waals surface area contributed by atoms with Crippen molar-refractivity contribution >= 4 is 34.1 Å². The number of carbonyl (C=O) groups excluding carboxylic acids is 3. The molecule has 1 atom stereocenters. The number of imidazole rings is 1. The van der Waals surface area contributed by atoms with Crippen LogP contribution in [0.1, 0.15) is 32.5 Å². The van der Waals surface area contributed by atoms with Crippen molar-refractivity contribution in [1.29, 1.82) is 0 Å². The molecule has 4 amide bonds. The second-order valence-electron chi connectivity index (χ2n) is 5.87. The smallest absolute Gasteiger partial charge is 0.325 e. The molecule has 3 heterocycles. The summed E-state index contributed by atoms with van der Waals surface area (Å²) in [5, 5.41) is 9.34. The van der Waals surface area contributed by atoms with Gasteiger partial charge in [-0.15, -0.1) is 0 Å². The molecule has 0 radical (unpaired) electrons. The van der Waals surface area contributed by atoms with Crippen molar-refractivity contribution in [3.63, 3.8) is 0 Å². The standard InChI is InChI=1S/C13H16N6O3S/c1-7(8-4-19-12(16-8)23-6-14-19)15-9(20)5-18-10(21)13(2,3)17-11(18)22/h4,6-7H,5H2,1-3H3,(H,15,20)(H,17,22). The normalized spacial score (nSPS) is 18.3. The van der Waals surface area contributed by atoms with Crippen LogP contribution in [-0.2, 0) is 9.59 Å². The number of nitrogens with one attached hydrogen (secondary N) is 2. The van der Waals surface area contributed by atoms with Gasteiger partial charge in [-0.3, -0.25) is 14.5 Å². The molecular weight excluding hydrogens is 320 g/mol. The Morgan fingerprint density at radius 2 is 2.22 bits per heavy atom. The third kappa shape index (κ3) is 2.77. The van der Waals surface area contributed by atoms with Crippen molar-refractivity contribution in [2.75, 3.05) is 6.54 Å². The Labute approximate surface area is 135 Å². The van der Waals surface area contributed by atoms with Gasteiger partial charge in [0.15, 0.2) is 0 Å². The minimum atomic E-state index is -0.983. The summed E-state index contributed by atoms with van der Waals surface area (Å²) in [6.07, 6.45) is 1.73. The largest absolute Gasteiger partial charge is 0.346 e. The summed E-state index contributed by atoms with van der Waals surface area (Å²) in [7, 11) is 0. The molecule has 1 aliphatic rings. The first-order valence-corrected chi connectivity index (χ1v) is 7.88. The molecule has 2 N–H and O–H groups in total. The molecule has 2 aromatic heterocycles. The lowest BCUT2D eigenvalue weighted by molar-refractivity contribution is -0.134. The van der Waals surface area contributed by atoms with Crippen LogP contribution in [-0.4, -0.2) is 49.4 Å². The van der Waals surface area contributed by atoms with Crippen LogP contribution in [0.15, 0.2) is 11.7 Å². The topological polar surface area (TPSA) is 109 Å². The molecule has 2 aromatic rings. The molecule has 10 heteroatoms. The molecule has 9 nitrogen and oxygen atoms in total. The first kappa shape index (κ1) is 15.4. The van der Waals surface area contributed by atoms with E-state index in [9.17, 15) is 14.4 Å². The second kappa shape index (κ2) is 5.30. The predicted molar refractivity (Wildman–Crippen MR) is 81.7 cm³/mol. The Bertz CT molecular complexity index is 766. The average molecular weight is 336 g/mol. The Balaban J connectivity index is 1.64. The Hall–Kier alpha value is -2.49. The van der Waals surface area contributed by atoms with E-state index in [4.69, 9.17) is 0 Å². The molecule has 0 aromatic carbocycles. The highest BCUT2D eigenvalue weighted by atomic mass is 32.1. The van der Waals surface area contributed by atoms with E-state index in [0.717, 1.165) is 9.86 Å². The van der Waals surface area contributed by atoms with Gasteiger partial charge in [0.2, 0.25) is 10.9 Å². The summed E-state index contributed by atoms with van der Waals surface area (Å²) >= 11 is 1.39. The zero-order valence-electron chi connectivity index (χ0n) is 12.9. The number of nitrogens with zero attached hydrogens (tertiary/aromatic N) is 4. The van der Waals surface area contributed by atoms with Gasteiger partial charge in [-0.2, -0.15) is 5.10 Å². The van der Waals surface area contributed by atoms with Crippen LogP contribution in [0.5, 0.6) is 0 Å². The highest BCUT2D eigenvalue weighted by molar-refractivity contribution is 7.14. The van der Waals surface area contributed by atoms with Crippen molar-refractivity contribution in [2.45, 2.75) is 32.4 Å². The Morgan fingerprint density at radius 3 is 2.83 bits per heavy atom. The molecule has 23 heavy (non-hydrogen) atoms. The molecule has 122 valence electrons. The molecular formula is C13H16N6O3S. The van der Waals surface area contributed by atoms with E-state index in [1.54, 1.807) is 37.0 Å². The van der Waals surface area contributed by atoms with Gasteiger partial charge in [0.25, 0.3) is 5.91 Å². The number of imide groups is 1. The monoisotopic (exact) mass is 336 g/mol. The molecule has 0 aliphatic carbocycles. The molecule has 1 fully saturated rings.